The van der Waals surface area contributed by atoms with Crippen molar-refractivity contribution in [2.24, 2.45) is 0 Å². The Kier molecular flexibility index (Phi) is 60.6. The lowest BCUT2D eigenvalue weighted by Gasteiger charge is -2.18. The van der Waals surface area contributed by atoms with Crippen LogP contribution in [0, 0.1) is 0 Å². The molecule has 73 heavy (non-hydrogen) atoms. The van der Waals surface area contributed by atoms with Crippen LogP contribution in [0.1, 0.15) is 367 Å². The van der Waals surface area contributed by atoms with Gasteiger partial charge in [-0.2, -0.15) is 0 Å². The summed E-state index contributed by atoms with van der Waals surface area (Å²) >= 11 is 0. The zero-order chi connectivity index (χ0) is 52.9. The highest BCUT2D eigenvalue weighted by Gasteiger charge is 2.19. The van der Waals surface area contributed by atoms with E-state index in [1.807, 2.05) is 0 Å². The van der Waals surface area contributed by atoms with Crippen LogP contribution < -0.4 is 0 Å². The van der Waals surface area contributed by atoms with E-state index in [2.05, 4.69) is 45.1 Å². The zero-order valence-electron chi connectivity index (χ0n) is 49.4. The molecule has 0 aromatic carbocycles. The van der Waals surface area contributed by atoms with E-state index >= 15 is 0 Å². The van der Waals surface area contributed by atoms with Gasteiger partial charge in [-0.15, -0.1) is 0 Å². The Labute approximate surface area is 455 Å². The predicted molar refractivity (Wildman–Crippen MR) is 316 cm³/mol. The molecule has 1 unspecified atom stereocenters. The average molecular weight is 1030 g/mol. The average Bonchev–Trinajstić information content (AvgIpc) is 3.39. The van der Waals surface area contributed by atoms with Crippen LogP contribution in [-0.2, 0) is 28.6 Å². The van der Waals surface area contributed by atoms with Gasteiger partial charge in [0.1, 0.15) is 13.2 Å². The molecular formula is C67H126O6. The lowest BCUT2D eigenvalue weighted by Crippen LogP contribution is -2.30. The summed E-state index contributed by atoms with van der Waals surface area (Å²) in [6, 6.07) is 0. The number of unbranched alkanes of at least 4 members (excludes halogenated alkanes) is 46. The van der Waals surface area contributed by atoms with E-state index in [1.54, 1.807) is 0 Å². The van der Waals surface area contributed by atoms with Crippen molar-refractivity contribution in [1.29, 1.82) is 0 Å². The number of esters is 3. The van der Waals surface area contributed by atoms with E-state index in [-0.39, 0.29) is 31.1 Å². The molecule has 6 heteroatoms. The second-order valence-electron chi connectivity index (χ2n) is 22.4. The normalized spacial score (nSPS) is 12.1. The van der Waals surface area contributed by atoms with E-state index in [0.29, 0.717) is 19.3 Å². The van der Waals surface area contributed by atoms with Crippen molar-refractivity contribution in [3.8, 4) is 0 Å². The Morgan fingerprint density at radius 3 is 0.767 bits per heavy atom. The van der Waals surface area contributed by atoms with Gasteiger partial charge in [-0.25, -0.2) is 0 Å². The molecule has 0 aromatic heterocycles. The molecule has 0 radical (unpaired) electrons. The molecule has 0 spiro atoms. The Hall–Kier alpha value is -2.11. The third-order valence-corrected chi connectivity index (χ3v) is 15.0. The number of hydrogen-bond donors (Lipinski definition) is 0. The first-order valence-electron chi connectivity index (χ1n) is 32.8. The standard InChI is InChI=1S/C67H126O6/c1-4-7-10-13-16-19-22-24-26-28-30-31-32-33-34-35-36-37-39-40-42-45-48-51-54-57-60-66(69)72-63-64(62-71-65(68)59-56-53-50-47-44-21-18-15-12-9-6-3)73-67(70)61-58-55-52-49-46-43-41-38-29-27-25-23-20-17-14-11-8-5-2/h20,23,27,29,64H,4-19,21-22,24-26,28,30-63H2,1-3H3/b23-20-,29-27-. The van der Waals surface area contributed by atoms with Crippen molar-refractivity contribution >= 4 is 17.9 Å². The summed E-state index contributed by atoms with van der Waals surface area (Å²) in [7, 11) is 0. The van der Waals surface area contributed by atoms with Crippen molar-refractivity contribution in [3.05, 3.63) is 24.3 Å². The monoisotopic (exact) mass is 1030 g/mol. The van der Waals surface area contributed by atoms with E-state index in [9.17, 15) is 14.4 Å². The van der Waals surface area contributed by atoms with Gasteiger partial charge in [-0.1, -0.05) is 321 Å². The molecule has 0 aliphatic rings. The molecular weight excluding hydrogens is 901 g/mol. The molecule has 0 N–H and O–H groups in total. The maximum absolute atomic E-state index is 12.9. The molecule has 0 saturated heterocycles. The molecule has 0 aromatic rings. The summed E-state index contributed by atoms with van der Waals surface area (Å²) in [5, 5.41) is 0. The lowest BCUT2D eigenvalue weighted by molar-refractivity contribution is -0.167. The van der Waals surface area contributed by atoms with Gasteiger partial charge in [0.25, 0.3) is 0 Å². The van der Waals surface area contributed by atoms with Gasteiger partial charge in [0.2, 0.25) is 0 Å². The Balaban J connectivity index is 4.18. The van der Waals surface area contributed by atoms with Crippen LogP contribution in [0.4, 0.5) is 0 Å². The van der Waals surface area contributed by atoms with Crippen LogP contribution in [0.5, 0.6) is 0 Å². The predicted octanol–water partition coefficient (Wildman–Crippen LogP) is 22.2. The van der Waals surface area contributed by atoms with Crippen molar-refractivity contribution in [1.82, 2.24) is 0 Å². The van der Waals surface area contributed by atoms with Crippen molar-refractivity contribution in [3.63, 3.8) is 0 Å². The third kappa shape index (κ3) is 60.6. The number of carbonyl (C=O) groups is 3. The molecule has 0 aliphatic heterocycles. The number of allylic oxidation sites excluding steroid dienone is 4. The topological polar surface area (TPSA) is 78.9 Å². The van der Waals surface area contributed by atoms with Crippen LogP contribution in [0.2, 0.25) is 0 Å². The summed E-state index contributed by atoms with van der Waals surface area (Å²) in [4.78, 5) is 38.2. The summed E-state index contributed by atoms with van der Waals surface area (Å²) in [6.45, 7) is 6.68. The maximum Gasteiger partial charge on any atom is 0.306 e. The molecule has 1 atom stereocenters. The third-order valence-electron chi connectivity index (χ3n) is 15.0. The van der Waals surface area contributed by atoms with Crippen molar-refractivity contribution in [2.45, 2.75) is 374 Å². The van der Waals surface area contributed by atoms with Crippen molar-refractivity contribution in [2.75, 3.05) is 13.2 Å². The van der Waals surface area contributed by atoms with Crippen LogP contribution in [0.25, 0.3) is 0 Å². The first-order chi connectivity index (χ1) is 36.0. The van der Waals surface area contributed by atoms with Crippen molar-refractivity contribution < 1.29 is 28.6 Å². The fourth-order valence-electron chi connectivity index (χ4n) is 10.0. The van der Waals surface area contributed by atoms with Gasteiger partial charge in [-0.3, -0.25) is 14.4 Å². The number of carbonyl (C=O) groups excluding carboxylic acids is 3. The Morgan fingerprint density at radius 2 is 0.493 bits per heavy atom. The summed E-state index contributed by atoms with van der Waals surface area (Å²) in [5.41, 5.74) is 0. The van der Waals surface area contributed by atoms with Gasteiger partial charge in [0.15, 0.2) is 6.10 Å². The van der Waals surface area contributed by atoms with Crippen LogP contribution in [0.3, 0.4) is 0 Å². The highest BCUT2D eigenvalue weighted by Crippen LogP contribution is 2.18. The molecule has 0 amide bonds. The molecule has 0 heterocycles. The van der Waals surface area contributed by atoms with Crippen LogP contribution in [-0.4, -0.2) is 37.2 Å². The SMILES string of the molecule is CCCCCC/C=C\C/C=C\CCCCCCCCCC(=O)OC(COC(=O)CCCCCCCCCCCCC)COC(=O)CCCCCCCCCCCCCCCCCCCCCCCCCCCC. The first kappa shape index (κ1) is 70.9. The van der Waals surface area contributed by atoms with Gasteiger partial charge in [-0.05, 0) is 51.4 Å². The van der Waals surface area contributed by atoms with Crippen LogP contribution in [0.15, 0.2) is 24.3 Å². The fourth-order valence-corrected chi connectivity index (χ4v) is 10.0. The first-order valence-corrected chi connectivity index (χ1v) is 32.8. The van der Waals surface area contributed by atoms with E-state index in [4.69, 9.17) is 14.2 Å². The number of ether oxygens (including phenoxy) is 3. The molecule has 0 saturated carbocycles. The van der Waals surface area contributed by atoms with E-state index in [1.165, 1.54) is 257 Å². The number of rotatable bonds is 61. The smallest absolute Gasteiger partial charge is 0.306 e. The quantitative estimate of drug-likeness (QED) is 0.0261. The minimum atomic E-state index is -0.771. The second-order valence-corrected chi connectivity index (χ2v) is 22.4. The van der Waals surface area contributed by atoms with Gasteiger partial charge >= 0.3 is 17.9 Å². The second kappa shape index (κ2) is 62.4. The minimum absolute atomic E-state index is 0.0687. The zero-order valence-corrected chi connectivity index (χ0v) is 49.4. The van der Waals surface area contributed by atoms with E-state index in [0.717, 1.165) is 70.6 Å². The van der Waals surface area contributed by atoms with Crippen LogP contribution >= 0.6 is 0 Å². The Morgan fingerprint density at radius 1 is 0.274 bits per heavy atom. The summed E-state index contributed by atoms with van der Waals surface area (Å²) in [5.74, 6) is -0.851. The Bertz CT molecular complexity index is 1180. The highest BCUT2D eigenvalue weighted by atomic mass is 16.6. The molecule has 0 rings (SSSR count). The minimum Gasteiger partial charge on any atom is -0.462 e. The van der Waals surface area contributed by atoms with Gasteiger partial charge in [0.05, 0.1) is 0 Å². The fraction of sp³-hybridized carbons (Fsp3) is 0.896. The molecule has 6 nitrogen and oxygen atoms in total. The maximum atomic E-state index is 12.9. The largest absolute Gasteiger partial charge is 0.462 e. The summed E-state index contributed by atoms with van der Waals surface area (Å²) in [6.07, 6.45) is 74.8. The molecule has 0 bridgehead atoms. The highest BCUT2D eigenvalue weighted by molar-refractivity contribution is 5.71. The molecule has 0 fully saturated rings. The number of hydrogen-bond acceptors (Lipinski definition) is 6. The lowest BCUT2D eigenvalue weighted by atomic mass is 10.0. The van der Waals surface area contributed by atoms with E-state index < -0.39 is 6.10 Å². The molecule has 0 aliphatic carbocycles. The van der Waals surface area contributed by atoms with Gasteiger partial charge in [0, 0.05) is 19.3 Å². The summed E-state index contributed by atoms with van der Waals surface area (Å²) < 4.78 is 16.9. The van der Waals surface area contributed by atoms with Gasteiger partial charge < -0.3 is 14.2 Å². The molecule has 430 valence electrons.